The molecule has 9 rings (SSSR count). The van der Waals surface area contributed by atoms with E-state index in [1.54, 1.807) is 0 Å². The van der Waals surface area contributed by atoms with E-state index in [0.29, 0.717) is 70.9 Å². The van der Waals surface area contributed by atoms with Crippen LogP contribution in [0.4, 0.5) is 0 Å². The topological polar surface area (TPSA) is 105 Å². The van der Waals surface area contributed by atoms with Crippen LogP contribution in [0.15, 0.2) is 170 Å². The molecule has 0 spiro atoms. The van der Waals surface area contributed by atoms with Crippen LogP contribution in [-0.2, 0) is 47.3 Å². The van der Waals surface area contributed by atoms with Gasteiger partial charge in [0, 0.05) is 73.6 Å². The Labute approximate surface area is 523 Å². The fourth-order valence-corrected chi connectivity index (χ4v) is 11.4. The van der Waals surface area contributed by atoms with Crippen LogP contribution in [0.25, 0.3) is 0 Å². The lowest BCUT2D eigenvalue weighted by Gasteiger charge is -2.29. The fraction of sp³-hybridized carbons (Fsp3) is 0.350. The number of carbonyl (C=O) groups excluding carboxylic acids is 4. The van der Waals surface area contributed by atoms with Crippen LogP contribution in [0, 0.1) is 0 Å². The van der Waals surface area contributed by atoms with Gasteiger partial charge < -0.3 is 18.9 Å². The maximum Gasteiger partial charge on any atom is 0.166 e. The van der Waals surface area contributed by atoms with Crippen molar-refractivity contribution in [3.63, 3.8) is 0 Å². The van der Waals surface area contributed by atoms with Crippen molar-refractivity contribution in [1.82, 2.24) is 0 Å². The first-order chi connectivity index (χ1) is 41.8. The summed E-state index contributed by atoms with van der Waals surface area (Å²) in [5.41, 5.74) is 13.1. The van der Waals surface area contributed by atoms with Crippen molar-refractivity contribution in [2.75, 3.05) is 26.4 Å². The second-order valence-corrected chi connectivity index (χ2v) is 27.8. The molecule has 88 heavy (non-hydrogen) atoms. The van der Waals surface area contributed by atoms with Gasteiger partial charge in [0.25, 0.3) is 0 Å². The van der Waals surface area contributed by atoms with Gasteiger partial charge in [-0.2, -0.15) is 0 Å². The molecule has 0 aromatic heterocycles. The second-order valence-electron chi connectivity index (χ2n) is 27.8. The molecule has 8 aromatic rings. The summed E-state index contributed by atoms with van der Waals surface area (Å²) in [7, 11) is 0. The van der Waals surface area contributed by atoms with Gasteiger partial charge in [0.05, 0.1) is 26.4 Å². The molecule has 8 aromatic carbocycles. The fourth-order valence-electron chi connectivity index (χ4n) is 11.4. The number of carbonyl (C=O) groups is 4. The Kier molecular flexibility index (Phi) is 19.9. The minimum atomic E-state index is -0.313. The zero-order chi connectivity index (χ0) is 63.0. The van der Waals surface area contributed by atoms with Crippen molar-refractivity contribution in [3.05, 3.63) is 259 Å². The highest BCUT2D eigenvalue weighted by Crippen LogP contribution is 2.45. The van der Waals surface area contributed by atoms with Crippen LogP contribution >= 0.6 is 0 Å². The smallest absolute Gasteiger partial charge is 0.166 e. The van der Waals surface area contributed by atoms with Gasteiger partial charge in [0.2, 0.25) is 0 Å². The Balaban J connectivity index is 1.32. The van der Waals surface area contributed by atoms with Gasteiger partial charge in [-0.25, -0.2) is 0 Å². The largest absolute Gasteiger partial charge is 0.493 e. The van der Waals surface area contributed by atoms with Crippen LogP contribution in [0.3, 0.4) is 0 Å². The molecule has 0 fully saturated rings. The number of hydrogen-bond donors (Lipinski definition) is 0. The third kappa shape index (κ3) is 16.2. The molecule has 0 radical (unpaired) electrons. The summed E-state index contributed by atoms with van der Waals surface area (Å²) in [6.45, 7) is 27.2. The zero-order valence-electron chi connectivity index (χ0n) is 53.9. The molecule has 0 N–H and O–H groups in total. The summed E-state index contributed by atoms with van der Waals surface area (Å²) in [4.78, 5) is 55.6. The van der Waals surface area contributed by atoms with Crippen molar-refractivity contribution in [3.8, 4) is 23.0 Å². The van der Waals surface area contributed by atoms with Crippen LogP contribution in [0.1, 0.15) is 217 Å². The van der Waals surface area contributed by atoms with Gasteiger partial charge in [-0.1, -0.05) is 253 Å². The van der Waals surface area contributed by atoms with Gasteiger partial charge in [0.15, 0.2) is 23.1 Å². The monoisotopic (exact) mass is 1180 g/mol. The van der Waals surface area contributed by atoms with Crippen LogP contribution in [0.5, 0.6) is 23.0 Å². The first-order valence-corrected chi connectivity index (χ1v) is 31.3. The van der Waals surface area contributed by atoms with Gasteiger partial charge in [0.1, 0.15) is 23.0 Å². The summed E-state index contributed by atoms with van der Waals surface area (Å²) < 4.78 is 28.6. The van der Waals surface area contributed by atoms with Crippen molar-refractivity contribution in [2.45, 2.75) is 156 Å². The minimum absolute atomic E-state index is 0.0139. The van der Waals surface area contributed by atoms with E-state index in [0.717, 1.165) is 66.8 Å². The van der Waals surface area contributed by atoms with Crippen molar-refractivity contribution in [1.29, 1.82) is 0 Å². The number of fused-ring (bicyclic) bond motifs is 8. The molecule has 456 valence electrons. The first kappa shape index (κ1) is 64.1. The summed E-state index contributed by atoms with van der Waals surface area (Å²) in [5, 5.41) is 0. The van der Waals surface area contributed by atoms with E-state index in [4.69, 9.17) is 18.9 Å². The summed E-state index contributed by atoms with van der Waals surface area (Å²) >= 11 is 0. The molecule has 0 aliphatic heterocycles. The summed E-state index contributed by atoms with van der Waals surface area (Å²) in [5.74, 6) is 2.68. The minimum Gasteiger partial charge on any atom is -0.493 e. The quantitative estimate of drug-likeness (QED) is 0.0695. The standard InChI is InChI=1S/C80H88O8/c1-77(2,3)65-45-57-41-59-47-66(78(4,5)6)49-61(74(59)86-38-34-70(82)54-27-19-14-20-28-54)43-63-51-68(80(10,11)12)52-64(76(63)88-40-36-72(84)56-31-23-16-24-32-56)44-62-50-67(79(7,8)9)48-60(75(62)87-39-35-71(83)55-29-21-15-22-30-55)42-58(46-65)73(57)85-37-33-69(81)53-25-17-13-18-26-53/h13-32,45-52H,33-44H2,1-12H3. The maximum atomic E-state index is 13.9. The molecule has 0 unspecified atom stereocenters. The summed E-state index contributed by atoms with van der Waals surface area (Å²) in [6, 6.07) is 55.6. The number of Topliss-reactive ketones (excluding diaryl/α,β-unsaturated/α-hetero) is 4. The van der Waals surface area contributed by atoms with E-state index >= 15 is 0 Å². The molecule has 0 amide bonds. The average Bonchev–Trinajstić information content (AvgIpc) is 1.70. The highest BCUT2D eigenvalue weighted by molar-refractivity contribution is 5.97. The maximum absolute atomic E-state index is 13.9. The highest BCUT2D eigenvalue weighted by Gasteiger charge is 2.30. The highest BCUT2D eigenvalue weighted by atomic mass is 16.5. The Morgan fingerprint density at radius 1 is 0.273 bits per heavy atom. The predicted molar refractivity (Wildman–Crippen MR) is 355 cm³/mol. The number of hydrogen-bond acceptors (Lipinski definition) is 8. The van der Waals surface area contributed by atoms with E-state index < -0.39 is 0 Å². The molecule has 8 heteroatoms. The Morgan fingerprint density at radius 2 is 0.432 bits per heavy atom. The van der Waals surface area contributed by atoms with Crippen molar-refractivity contribution < 1.29 is 38.1 Å². The van der Waals surface area contributed by atoms with Crippen LogP contribution in [0.2, 0.25) is 0 Å². The van der Waals surface area contributed by atoms with E-state index in [1.165, 1.54) is 0 Å². The number of ether oxygens (including phenoxy) is 4. The molecular weight excluding hydrogens is 1090 g/mol. The molecular formula is C80H88O8. The molecule has 8 nitrogen and oxygen atoms in total. The lowest BCUT2D eigenvalue weighted by molar-refractivity contribution is 0.0953. The van der Waals surface area contributed by atoms with Gasteiger partial charge in [-0.05, 0) is 88.4 Å². The Hall–Kier alpha value is -8.36. The lowest BCUT2D eigenvalue weighted by atomic mass is 9.79. The molecule has 1 aliphatic rings. The van der Waals surface area contributed by atoms with Crippen molar-refractivity contribution in [2.24, 2.45) is 0 Å². The predicted octanol–water partition coefficient (Wildman–Crippen LogP) is 18.2. The SMILES string of the molecule is CC(C)(C)c1cc2c(OCCC(=O)c3ccccc3)c(c1)Cc1cc(C(C)(C)C)cc(c1OCCC(=O)c1ccccc1)Cc1cc(C(C)(C)C)cc(c1OCCC(=O)c1ccccc1)Cc1cc(C(C)(C)C)cc(c1OCCC(=O)c1ccccc1)C2. The molecule has 0 saturated carbocycles. The Morgan fingerprint density at radius 3 is 0.580 bits per heavy atom. The van der Waals surface area contributed by atoms with Gasteiger partial charge >= 0.3 is 0 Å². The lowest BCUT2D eigenvalue weighted by Crippen LogP contribution is -2.18. The molecule has 8 bridgehead atoms. The Bertz CT molecular complexity index is 3180. The van der Waals surface area contributed by atoms with Crippen LogP contribution < -0.4 is 18.9 Å². The summed E-state index contributed by atoms with van der Waals surface area (Å²) in [6.07, 6.45) is 2.16. The number of benzene rings is 8. The van der Waals surface area contributed by atoms with E-state index in [1.807, 2.05) is 121 Å². The van der Waals surface area contributed by atoms with E-state index in [9.17, 15) is 19.2 Å². The van der Waals surface area contributed by atoms with E-state index in [2.05, 4.69) is 132 Å². The number of rotatable bonds is 20. The normalized spacial score (nSPS) is 12.7. The van der Waals surface area contributed by atoms with E-state index in [-0.39, 0.29) is 96.9 Å². The molecule has 1 aliphatic carbocycles. The second kappa shape index (κ2) is 27.4. The van der Waals surface area contributed by atoms with Crippen LogP contribution in [-0.4, -0.2) is 49.6 Å². The molecule has 0 saturated heterocycles. The third-order valence-corrected chi connectivity index (χ3v) is 16.6. The average molecular weight is 1180 g/mol. The third-order valence-electron chi connectivity index (χ3n) is 16.6. The zero-order valence-corrected chi connectivity index (χ0v) is 53.9. The van der Waals surface area contributed by atoms with Gasteiger partial charge in [-0.3, -0.25) is 19.2 Å². The molecule has 0 atom stereocenters. The van der Waals surface area contributed by atoms with Crippen molar-refractivity contribution >= 4 is 23.1 Å². The molecule has 0 heterocycles. The number of ketones is 4. The van der Waals surface area contributed by atoms with Gasteiger partial charge in [-0.15, -0.1) is 0 Å². The first-order valence-electron chi connectivity index (χ1n) is 31.3.